The minimum atomic E-state index is -3.92. The van der Waals surface area contributed by atoms with Crippen LogP contribution in [-0.2, 0) is 14.8 Å². The molecule has 3 aromatic rings. The van der Waals surface area contributed by atoms with Crippen LogP contribution in [0, 0.1) is 5.82 Å². The lowest BCUT2D eigenvalue weighted by molar-refractivity contribution is -0.122. The van der Waals surface area contributed by atoms with Crippen molar-refractivity contribution in [3.63, 3.8) is 0 Å². The molecule has 0 aromatic heterocycles. The highest BCUT2D eigenvalue weighted by Crippen LogP contribution is 2.37. The number of para-hydroxylation sites is 2. The molecule has 1 heterocycles. The summed E-state index contributed by atoms with van der Waals surface area (Å²) in [7, 11) is -3.92. The number of nitrogens with one attached hydrogen (secondary N) is 1. The minimum absolute atomic E-state index is 0.103. The van der Waals surface area contributed by atoms with Crippen LogP contribution in [0.3, 0.4) is 0 Å². The van der Waals surface area contributed by atoms with Crippen LogP contribution in [0.2, 0.25) is 5.02 Å². The van der Waals surface area contributed by atoms with Gasteiger partial charge in [-0.3, -0.25) is 9.10 Å². The van der Waals surface area contributed by atoms with Crippen molar-refractivity contribution in [1.29, 1.82) is 0 Å². The molecule has 9 heteroatoms. The number of carbonyl (C=O) groups excluding carboxylic acids is 1. The van der Waals surface area contributed by atoms with Crippen LogP contribution in [0.25, 0.3) is 0 Å². The van der Waals surface area contributed by atoms with E-state index in [2.05, 4.69) is 5.32 Å². The third kappa shape index (κ3) is 3.83. The van der Waals surface area contributed by atoms with Crippen LogP contribution in [0.15, 0.2) is 77.7 Å². The van der Waals surface area contributed by atoms with Gasteiger partial charge in [0.05, 0.1) is 22.2 Å². The average Bonchev–Trinajstić information content (AvgIpc) is 2.76. The van der Waals surface area contributed by atoms with Crippen molar-refractivity contribution in [2.75, 3.05) is 16.2 Å². The van der Waals surface area contributed by atoms with Gasteiger partial charge < -0.3 is 10.1 Å². The third-order valence-electron chi connectivity index (χ3n) is 4.55. The Hall–Kier alpha value is -3.10. The molecule has 3 aromatic carbocycles. The van der Waals surface area contributed by atoms with E-state index in [9.17, 15) is 17.6 Å². The lowest BCUT2D eigenvalue weighted by Gasteiger charge is -2.34. The summed E-state index contributed by atoms with van der Waals surface area (Å²) in [5.74, 6) is -0.932. The van der Waals surface area contributed by atoms with Crippen molar-refractivity contribution in [2.45, 2.75) is 11.0 Å². The van der Waals surface area contributed by atoms with Crippen LogP contribution < -0.4 is 14.4 Å². The maximum absolute atomic E-state index is 13.4. The number of amides is 1. The van der Waals surface area contributed by atoms with E-state index in [-0.39, 0.29) is 27.9 Å². The third-order valence-corrected chi connectivity index (χ3v) is 6.63. The van der Waals surface area contributed by atoms with Gasteiger partial charge in [0.15, 0.2) is 6.10 Å². The highest BCUT2D eigenvalue weighted by molar-refractivity contribution is 7.92. The summed E-state index contributed by atoms with van der Waals surface area (Å²) in [6.45, 7) is -0.227. The number of fused-ring (bicyclic) bond motifs is 1. The second-order valence-corrected chi connectivity index (χ2v) is 8.81. The fourth-order valence-electron chi connectivity index (χ4n) is 3.08. The predicted molar refractivity (Wildman–Crippen MR) is 112 cm³/mol. The first-order chi connectivity index (χ1) is 14.4. The lowest BCUT2D eigenvalue weighted by atomic mass is 10.2. The summed E-state index contributed by atoms with van der Waals surface area (Å²) >= 11 is 5.76. The molecule has 0 spiro atoms. The van der Waals surface area contributed by atoms with Crippen molar-refractivity contribution in [1.82, 2.24) is 0 Å². The van der Waals surface area contributed by atoms with Crippen molar-refractivity contribution < 1.29 is 22.3 Å². The molecule has 0 bridgehead atoms. The SMILES string of the molecule is O=C(Nc1ccc(F)c(Cl)c1)[C@@H]1CN(S(=O)(=O)c2ccccc2)c2ccccc2O1. The van der Waals surface area contributed by atoms with E-state index in [4.69, 9.17) is 16.3 Å². The topological polar surface area (TPSA) is 75.7 Å². The molecule has 154 valence electrons. The van der Waals surface area contributed by atoms with Crippen molar-refractivity contribution in [3.8, 4) is 5.75 Å². The van der Waals surface area contributed by atoms with Crippen molar-refractivity contribution in [2.24, 2.45) is 0 Å². The molecule has 30 heavy (non-hydrogen) atoms. The number of benzene rings is 3. The first-order valence-corrected chi connectivity index (χ1v) is 10.8. The van der Waals surface area contributed by atoms with E-state index in [0.717, 1.165) is 10.4 Å². The molecule has 0 aliphatic carbocycles. The van der Waals surface area contributed by atoms with E-state index in [1.54, 1.807) is 42.5 Å². The maximum atomic E-state index is 13.4. The first kappa shape index (κ1) is 20.2. The van der Waals surface area contributed by atoms with Gasteiger partial charge in [0.25, 0.3) is 15.9 Å². The van der Waals surface area contributed by atoms with Crippen molar-refractivity contribution in [3.05, 3.63) is 83.6 Å². The molecule has 1 N–H and O–H groups in total. The largest absolute Gasteiger partial charge is 0.476 e. The average molecular weight is 447 g/mol. The zero-order valence-corrected chi connectivity index (χ0v) is 17.0. The Morgan fingerprint density at radius 2 is 1.77 bits per heavy atom. The van der Waals surface area contributed by atoms with E-state index >= 15 is 0 Å². The second kappa shape index (κ2) is 7.97. The van der Waals surface area contributed by atoms with Gasteiger partial charge in [-0.1, -0.05) is 41.9 Å². The van der Waals surface area contributed by atoms with Gasteiger partial charge in [-0.25, -0.2) is 12.8 Å². The quantitative estimate of drug-likeness (QED) is 0.655. The van der Waals surface area contributed by atoms with E-state index < -0.39 is 27.9 Å². The fraction of sp³-hybridized carbons (Fsp3) is 0.0952. The van der Waals surface area contributed by atoms with E-state index in [0.29, 0.717) is 5.69 Å². The molecule has 1 aliphatic rings. The molecular formula is C21H16ClFN2O4S. The second-order valence-electron chi connectivity index (χ2n) is 6.54. The molecule has 4 rings (SSSR count). The van der Waals surface area contributed by atoms with Crippen molar-refractivity contribution >= 4 is 38.9 Å². The van der Waals surface area contributed by atoms with Gasteiger partial charge in [0.1, 0.15) is 11.6 Å². The number of hydrogen-bond acceptors (Lipinski definition) is 4. The van der Waals surface area contributed by atoms with Gasteiger partial charge in [-0.2, -0.15) is 0 Å². The Kier molecular flexibility index (Phi) is 5.36. The number of halogens is 2. The van der Waals surface area contributed by atoms with Crippen LogP contribution >= 0.6 is 11.6 Å². The highest BCUT2D eigenvalue weighted by Gasteiger charge is 2.37. The zero-order chi connectivity index (χ0) is 21.3. The molecule has 0 radical (unpaired) electrons. The summed E-state index contributed by atoms with van der Waals surface area (Å²) in [6, 6.07) is 18.3. The van der Waals surface area contributed by atoms with Gasteiger partial charge in [0.2, 0.25) is 0 Å². The van der Waals surface area contributed by atoms with Crippen LogP contribution in [0.4, 0.5) is 15.8 Å². The van der Waals surface area contributed by atoms with E-state index in [1.807, 2.05) is 0 Å². The Balaban J connectivity index is 1.66. The number of rotatable bonds is 4. The number of hydrogen-bond donors (Lipinski definition) is 1. The molecule has 1 amide bonds. The number of sulfonamides is 1. The normalized spacial score (nSPS) is 15.8. The van der Waals surface area contributed by atoms with Gasteiger partial charge in [-0.15, -0.1) is 0 Å². The van der Waals surface area contributed by atoms with Gasteiger partial charge >= 0.3 is 0 Å². The monoisotopic (exact) mass is 446 g/mol. The van der Waals surface area contributed by atoms with Gasteiger partial charge in [0, 0.05) is 5.69 Å². The first-order valence-electron chi connectivity index (χ1n) is 8.95. The van der Waals surface area contributed by atoms with Crippen LogP contribution in [-0.4, -0.2) is 27.0 Å². The Bertz CT molecular complexity index is 1200. The molecule has 0 saturated carbocycles. The molecule has 1 atom stereocenters. The number of carbonyl (C=O) groups is 1. The molecule has 0 fully saturated rings. The lowest BCUT2D eigenvalue weighted by Crippen LogP contribution is -2.48. The molecule has 1 aliphatic heterocycles. The molecular weight excluding hydrogens is 431 g/mol. The highest BCUT2D eigenvalue weighted by atomic mass is 35.5. The zero-order valence-electron chi connectivity index (χ0n) is 15.5. The Morgan fingerprint density at radius 1 is 1.07 bits per heavy atom. The molecule has 0 saturated heterocycles. The summed E-state index contributed by atoms with van der Waals surface area (Å²) in [5, 5.41) is 2.44. The summed E-state index contributed by atoms with van der Waals surface area (Å²) in [5.41, 5.74) is 0.613. The minimum Gasteiger partial charge on any atom is -0.476 e. The van der Waals surface area contributed by atoms with Crippen LogP contribution in [0.1, 0.15) is 0 Å². The number of ether oxygens (including phenoxy) is 1. The van der Waals surface area contributed by atoms with E-state index in [1.165, 1.54) is 24.3 Å². The summed E-state index contributed by atoms with van der Waals surface area (Å²) in [6.07, 6.45) is -1.12. The Labute approximate surface area is 177 Å². The van der Waals surface area contributed by atoms with Gasteiger partial charge in [-0.05, 0) is 42.5 Å². The smallest absolute Gasteiger partial charge is 0.267 e. The summed E-state index contributed by atoms with van der Waals surface area (Å²) < 4.78 is 46.7. The van der Waals surface area contributed by atoms with Crippen LogP contribution in [0.5, 0.6) is 5.75 Å². The fourth-order valence-corrected chi connectivity index (χ4v) is 4.76. The number of anilines is 2. The Morgan fingerprint density at radius 3 is 2.50 bits per heavy atom. The summed E-state index contributed by atoms with van der Waals surface area (Å²) in [4.78, 5) is 12.9. The maximum Gasteiger partial charge on any atom is 0.267 e. The number of nitrogens with zero attached hydrogens (tertiary/aromatic N) is 1. The standard InChI is InChI=1S/C21H16ClFN2O4S/c22-16-12-14(10-11-17(16)23)24-21(26)20-13-25(18-8-4-5-9-19(18)29-20)30(27,28)15-6-2-1-3-7-15/h1-12,20H,13H2,(H,24,26)/t20-/m0/s1. The molecule has 0 unspecified atom stereocenters. The molecule has 6 nitrogen and oxygen atoms in total. The predicted octanol–water partition coefficient (Wildman–Crippen LogP) is 4.07.